The standard InChI is InChI=1S/C49H32N4.C45H27N3O.C43H27N3O/c1-5-13-33(14-6-1)34-21-23-36(24-22-34)44-32-43(35-15-7-2-8-16-35)50-48(51-44)40-27-29-42-39(31-40)26-25-37-28-30-45-47(46(37)42)52-49(38-17-9-3-10-18-38)53(45)41-19-11-4-12-20-41;1-2-10-31(11-3-1)45-48-39-23-21-30-16-17-34-26-37(20-22-38(34)42(30)43(39)49-45)44-46-40(35-18-14-28-8-4-6-12-32(28)24-35)27-41(47-44)36-19-15-29-9-5-7-13-33(29)25-36;1-4-11-28(12-5-1)32-17-10-18-34(25-32)38-27-37(29-13-6-2-7-14-29)44-42(45-38)35-21-23-36-33(26-35)20-19-30-22-24-39-41(40(30)36)46-43(47-39)31-15-8-3-9-16-31/h1-32H;1-27H;1-27H. The quantitative estimate of drug-likeness (QED) is 0.0904. The number of rotatable bonds is 15. The number of fused-ring (bicyclic) bond motifs is 17. The molecule has 0 unspecified atom stereocenters. The maximum absolute atomic E-state index is 6.45. The minimum Gasteiger partial charge on any atom is -0.436 e. The molecule has 0 fully saturated rings. The summed E-state index contributed by atoms with van der Waals surface area (Å²) in [4.78, 5) is 46.1. The summed E-state index contributed by atoms with van der Waals surface area (Å²) in [5.41, 5.74) is 28.5. The van der Waals surface area contributed by atoms with E-state index < -0.39 is 0 Å². The predicted molar refractivity (Wildman–Crippen MR) is 612 cm³/mol. The second-order valence-electron chi connectivity index (χ2n) is 37.4. The number of benzene rings is 23. The first kappa shape index (κ1) is 87.8. The molecule has 0 aliphatic carbocycles. The van der Waals surface area contributed by atoms with E-state index in [1.807, 2.05) is 115 Å². The first-order chi connectivity index (χ1) is 73.8. The maximum Gasteiger partial charge on any atom is 0.227 e. The number of para-hydroxylation sites is 1. The van der Waals surface area contributed by atoms with E-state index in [2.05, 4.69) is 411 Å². The number of imidazole rings is 1. The Morgan fingerprint density at radius 1 is 0.168 bits per heavy atom. The molecule has 6 aromatic heterocycles. The van der Waals surface area contributed by atoms with Crippen LogP contribution in [0.15, 0.2) is 531 Å². The van der Waals surface area contributed by atoms with Crippen LogP contribution in [0.3, 0.4) is 0 Å². The highest BCUT2D eigenvalue weighted by molar-refractivity contribution is 6.22. The van der Waals surface area contributed by atoms with Crippen molar-refractivity contribution in [2.24, 2.45) is 0 Å². The largest absolute Gasteiger partial charge is 0.436 e. The van der Waals surface area contributed by atoms with E-state index >= 15 is 0 Å². The molecule has 23 aromatic carbocycles. The molecule has 6 heterocycles. The van der Waals surface area contributed by atoms with Gasteiger partial charge >= 0.3 is 0 Å². The van der Waals surface area contributed by atoms with Crippen molar-refractivity contribution in [2.45, 2.75) is 0 Å². The highest BCUT2D eigenvalue weighted by Gasteiger charge is 2.24. The van der Waals surface area contributed by atoms with E-state index in [-0.39, 0.29) is 0 Å². The fourth-order valence-electron chi connectivity index (χ4n) is 20.7. The highest BCUT2D eigenvalue weighted by atomic mass is 16.4. The van der Waals surface area contributed by atoms with Crippen molar-refractivity contribution in [1.29, 1.82) is 0 Å². The van der Waals surface area contributed by atoms with Gasteiger partial charge in [0, 0.05) is 88.6 Å². The van der Waals surface area contributed by atoms with E-state index in [0.29, 0.717) is 29.3 Å². The molecular weight excluding hydrogens is 1820 g/mol. The van der Waals surface area contributed by atoms with Crippen LogP contribution in [0.25, 0.3) is 283 Å². The minimum atomic E-state index is 0.622. The molecule has 29 rings (SSSR count). The molecule has 0 aliphatic rings. The zero-order valence-electron chi connectivity index (χ0n) is 80.4. The molecule has 0 N–H and O–H groups in total. The van der Waals surface area contributed by atoms with Gasteiger partial charge in [0.25, 0.3) is 0 Å². The van der Waals surface area contributed by atoms with Crippen molar-refractivity contribution in [3.05, 3.63) is 522 Å². The maximum atomic E-state index is 6.45. The lowest BCUT2D eigenvalue weighted by molar-refractivity contribution is 0.620. The average Bonchev–Trinajstić information content (AvgIpc) is 1.66. The Balaban J connectivity index is 0.000000110. The molecule has 696 valence electrons. The number of oxazole rings is 2. The SMILES string of the molecule is c1ccc(-c2ccc(-c3cc(-c4ccccc4)nc(-c4ccc5c(ccc6ccc7c(nc(-c8ccccc8)n7-c7ccccc7)c65)c4)n3)cc2)cc1.c1ccc(-c2cccc(-c3cc(-c4ccccc4)nc(-c4ccc5c(ccc6ccc7oc(-c8ccccc8)nc7c65)c4)n3)c2)cc1.c1ccc(-c2nc3ccc4ccc5cc(-c6nc(-c7ccc8ccccc8c7)cc(-c7ccc8ccccc8c7)n6)ccc5c4c3o2)cc1. The lowest BCUT2D eigenvalue weighted by Crippen LogP contribution is -1.97. The van der Waals surface area contributed by atoms with Crippen molar-refractivity contribution in [3.8, 4) is 164 Å². The van der Waals surface area contributed by atoms with Crippen LogP contribution in [-0.4, -0.2) is 49.4 Å². The Labute approximate surface area is 857 Å². The van der Waals surface area contributed by atoms with E-state index in [9.17, 15) is 0 Å². The molecule has 0 radical (unpaired) electrons. The first-order valence-corrected chi connectivity index (χ1v) is 50.0. The Morgan fingerprint density at radius 3 is 0.973 bits per heavy atom. The molecule has 12 nitrogen and oxygen atoms in total. The van der Waals surface area contributed by atoms with Gasteiger partial charge < -0.3 is 8.83 Å². The van der Waals surface area contributed by atoms with Gasteiger partial charge in [0.05, 0.1) is 45.2 Å². The van der Waals surface area contributed by atoms with Crippen LogP contribution >= 0.6 is 0 Å². The molecular formula is C137H86N10O2. The minimum absolute atomic E-state index is 0.622. The summed E-state index contributed by atoms with van der Waals surface area (Å²) < 4.78 is 14.9. The third-order valence-corrected chi connectivity index (χ3v) is 28.2. The number of aromatic nitrogens is 10. The van der Waals surface area contributed by atoms with Crippen LogP contribution in [0.4, 0.5) is 0 Å². The smallest absolute Gasteiger partial charge is 0.227 e. The molecule has 0 spiro atoms. The van der Waals surface area contributed by atoms with Crippen LogP contribution in [0.5, 0.6) is 0 Å². The van der Waals surface area contributed by atoms with Crippen LogP contribution in [0.1, 0.15) is 0 Å². The van der Waals surface area contributed by atoms with Crippen LogP contribution in [0.2, 0.25) is 0 Å². The summed E-state index contributed by atoms with van der Waals surface area (Å²) in [6.45, 7) is 0. The third kappa shape index (κ3) is 17.0. The fourth-order valence-corrected chi connectivity index (χ4v) is 20.7. The van der Waals surface area contributed by atoms with Crippen molar-refractivity contribution in [3.63, 3.8) is 0 Å². The summed E-state index contributed by atoms with van der Waals surface area (Å²) in [7, 11) is 0. The van der Waals surface area contributed by atoms with E-state index in [1.165, 1.54) is 38.2 Å². The summed E-state index contributed by atoms with van der Waals surface area (Å²) in [5.74, 6) is 4.21. The zero-order valence-corrected chi connectivity index (χ0v) is 80.4. The third-order valence-electron chi connectivity index (χ3n) is 28.2. The zero-order chi connectivity index (χ0) is 98.6. The lowest BCUT2D eigenvalue weighted by atomic mass is 9.98. The number of nitrogens with zero attached hydrogens (tertiary/aromatic N) is 10. The molecule has 0 saturated heterocycles. The molecule has 12 heteroatoms. The summed E-state index contributed by atoms with van der Waals surface area (Å²) in [6.07, 6.45) is 0. The molecule has 29 aromatic rings. The summed E-state index contributed by atoms with van der Waals surface area (Å²) >= 11 is 0. The monoisotopic (exact) mass is 1900 g/mol. The van der Waals surface area contributed by atoms with Gasteiger partial charge in [0.15, 0.2) is 28.6 Å². The van der Waals surface area contributed by atoms with Gasteiger partial charge in [-0.1, -0.05) is 413 Å². The van der Waals surface area contributed by atoms with Gasteiger partial charge in [-0.3, -0.25) is 4.57 Å². The van der Waals surface area contributed by atoms with Crippen molar-refractivity contribution in [2.75, 3.05) is 0 Å². The average molecular weight is 1900 g/mol. The van der Waals surface area contributed by atoms with Crippen LogP contribution < -0.4 is 0 Å². The Kier molecular flexibility index (Phi) is 22.3. The van der Waals surface area contributed by atoms with Gasteiger partial charge in [-0.15, -0.1) is 0 Å². The van der Waals surface area contributed by atoms with Gasteiger partial charge in [-0.05, 0) is 201 Å². The molecule has 0 saturated carbocycles. The molecule has 0 atom stereocenters. The summed E-state index contributed by atoms with van der Waals surface area (Å²) in [6, 6.07) is 181. The normalized spacial score (nSPS) is 11.5. The van der Waals surface area contributed by atoms with Gasteiger partial charge in [-0.2, -0.15) is 0 Å². The van der Waals surface area contributed by atoms with Crippen molar-refractivity contribution < 1.29 is 8.83 Å². The Hall–Kier alpha value is -20.2. The second-order valence-corrected chi connectivity index (χ2v) is 37.4. The van der Waals surface area contributed by atoms with E-state index in [4.69, 9.17) is 53.7 Å². The van der Waals surface area contributed by atoms with Crippen molar-refractivity contribution in [1.82, 2.24) is 49.4 Å². The Morgan fingerprint density at radius 2 is 0.483 bits per heavy atom. The van der Waals surface area contributed by atoms with Gasteiger partial charge in [0.2, 0.25) is 11.8 Å². The Bertz CT molecular complexity index is 10100. The second kappa shape index (κ2) is 37.9. The van der Waals surface area contributed by atoms with Crippen molar-refractivity contribution >= 4 is 119 Å². The molecule has 0 bridgehead atoms. The van der Waals surface area contributed by atoms with Crippen LogP contribution in [-0.2, 0) is 0 Å². The van der Waals surface area contributed by atoms with Gasteiger partial charge in [0.1, 0.15) is 16.9 Å². The molecule has 149 heavy (non-hydrogen) atoms. The molecule has 0 aliphatic heterocycles. The fraction of sp³-hybridized carbons (Fsp3) is 0. The van der Waals surface area contributed by atoms with Crippen LogP contribution in [0, 0.1) is 0 Å². The van der Waals surface area contributed by atoms with E-state index in [1.54, 1.807) is 0 Å². The number of hydrogen-bond acceptors (Lipinski definition) is 11. The predicted octanol–water partition coefficient (Wildman–Crippen LogP) is 35.6. The topological polar surface area (TPSA) is 147 Å². The van der Waals surface area contributed by atoms with E-state index in [0.717, 1.165) is 216 Å². The van der Waals surface area contributed by atoms with Gasteiger partial charge in [-0.25, -0.2) is 44.9 Å². The molecule has 0 amide bonds. The first-order valence-electron chi connectivity index (χ1n) is 50.0. The highest BCUT2D eigenvalue weighted by Crippen LogP contribution is 2.45. The lowest BCUT2D eigenvalue weighted by Gasteiger charge is -2.12. The number of hydrogen-bond donors (Lipinski definition) is 0. The summed E-state index contributed by atoms with van der Waals surface area (Å²) in [5, 5.41) is 18.1.